The van der Waals surface area contributed by atoms with Crippen LogP contribution >= 0.6 is 0 Å². The lowest BCUT2D eigenvalue weighted by Gasteiger charge is -2.03. The third kappa shape index (κ3) is 1.67. The maximum atomic E-state index is 11.9. The van der Waals surface area contributed by atoms with Gasteiger partial charge in [0.25, 0.3) is 5.56 Å². The third-order valence-electron chi connectivity index (χ3n) is 2.36. The zero-order chi connectivity index (χ0) is 11.5. The van der Waals surface area contributed by atoms with E-state index in [2.05, 4.69) is 4.98 Å². The highest BCUT2D eigenvalue weighted by atomic mass is 16.2. The van der Waals surface area contributed by atoms with Gasteiger partial charge in [0, 0.05) is 13.0 Å². The van der Waals surface area contributed by atoms with Crippen molar-refractivity contribution in [1.29, 1.82) is 0 Å². The predicted molar refractivity (Wildman–Crippen MR) is 59.5 cm³/mol. The number of nitrogens with one attached hydrogen (secondary N) is 1. The van der Waals surface area contributed by atoms with Crippen molar-refractivity contribution in [3.05, 3.63) is 45.1 Å². The van der Waals surface area contributed by atoms with Gasteiger partial charge in [-0.2, -0.15) is 0 Å². The van der Waals surface area contributed by atoms with E-state index in [-0.39, 0.29) is 18.5 Å². The highest BCUT2D eigenvalue weighted by molar-refractivity contribution is 5.76. The van der Waals surface area contributed by atoms with Gasteiger partial charge in [-0.05, 0) is 12.1 Å². The molecule has 5 nitrogen and oxygen atoms in total. The first-order chi connectivity index (χ1) is 7.74. The number of H-pyrrole nitrogens is 1. The zero-order valence-electron chi connectivity index (χ0n) is 8.47. The highest BCUT2D eigenvalue weighted by Crippen LogP contribution is 2.02. The smallest absolute Gasteiger partial charge is 0.307 e. The van der Waals surface area contributed by atoms with Gasteiger partial charge in [0.15, 0.2) is 0 Å². The van der Waals surface area contributed by atoms with E-state index >= 15 is 0 Å². The first kappa shape index (κ1) is 10.4. The first-order valence-electron chi connectivity index (χ1n) is 4.89. The third-order valence-corrected chi connectivity index (χ3v) is 2.36. The molecule has 2 rings (SSSR count). The Kier molecular flexibility index (Phi) is 2.68. The standard InChI is InChI=1S/C11H10N2O3/c14-7-3-6-13-10(15)8-4-1-2-5-9(8)12-11(13)16/h1-2,4-5,7H,3,6H2,(H,12,16). The van der Waals surface area contributed by atoms with Crippen molar-refractivity contribution in [3.8, 4) is 0 Å². The van der Waals surface area contributed by atoms with Crippen LogP contribution in [-0.2, 0) is 11.3 Å². The Balaban J connectivity index is 2.71. The summed E-state index contributed by atoms with van der Waals surface area (Å²) in [5, 5.41) is 0.452. The number of nitrogens with zero attached hydrogens (tertiary/aromatic N) is 1. The van der Waals surface area contributed by atoms with Gasteiger partial charge in [-0.1, -0.05) is 12.1 Å². The molecule has 1 N–H and O–H groups in total. The molecule has 5 heteroatoms. The number of benzene rings is 1. The number of fused-ring (bicyclic) bond motifs is 1. The Labute approximate surface area is 90.3 Å². The summed E-state index contributed by atoms with van der Waals surface area (Å²) in [7, 11) is 0. The maximum absolute atomic E-state index is 11.9. The molecule has 0 bridgehead atoms. The van der Waals surface area contributed by atoms with Gasteiger partial charge in [0.05, 0.1) is 10.9 Å². The lowest BCUT2D eigenvalue weighted by Crippen LogP contribution is -2.35. The lowest BCUT2D eigenvalue weighted by atomic mass is 10.2. The second kappa shape index (κ2) is 4.14. The van der Waals surface area contributed by atoms with Crippen LogP contribution in [0.5, 0.6) is 0 Å². The lowest BCUT2D eigenvalue weighted by molar-refractivity contribution is -0.108. The number of carbonyl (C=O) groups is 1. The number of aromatic amines is 1. The number of hydrogen-bond acceptors (Lipinski definition) is 3. The minimum atomic E-state index is -0.481. The quantitative estimate of drug-likeness (QED) is 0.752. The number of carbonyl (C=O) groups excluding carboxylic acids is 1. The van der Waals surface area contributed by atoms with Crippen molar-refractivity contribution < 1.29 is 4.79 Å². The number of aldehydes is 1. The minimum Gasteiger partial charge on any atom is -0.307 e. The highest BCUT2D eigenvalue weighted by Gasteiger charge is 2.05. The molecule has 1 aromatic heterocycles. The molecule has 0 saturated carbocycles. The SMILES string of the molecule is O=CCCn1c(=O)[nH]c2ccccc2c1=O. The molecule has 0 aliphatic carbocycles. The van der Waals surface area contributed by atoms with Crippen molar-refractivity contribution >= 4 is 17.2 Å². The molecule has 16 heavy (non-hydrogen) atoms. The second-order valence-electron chi connectivity index (χ2n) is 3.39. The van der Waals surface area contributed by atoms with Crippen molar-refractivity contribution in [3.63, 3.8) is 0 Å². The summed E-state index contributed by atoms with van der Waals surface area (Å²) >= 11 is 0. The number of aromatic nitrogens is 2. The van der Waals surface area contributed by atoms with Crippen LogP contribution in [0.25, 0.3) is 10.9 Å². The van der Waals surface area contributed by atoms with Gasteiger partial charge in [-0.3, -0.25) is 9.36 Å². The molecule has 0 radical (unpaired) electrons. The summed E-state index contributed by atoms with van der Waals surface area (Å²) in [6.07, 6.45) is 0.836. The Hall–Kier alpha value is -2.17. The molecule has 1 heterocycles. The van der Waals surface area contributed by atoms with Crippen molar-refractivity contribution in [1.82, 2.24) is 9.55 Å². The first-order valence-corrected chi connectivity index (χ1v) is 4.89. The topological polar surface area (TPSA) is 71.9 Å². The van der Waals surface area contributed by atoms with Crippen LogP contribution in [0.2, 0.25) is 0 Å². The van der Waals surface area contributed by atoms with E-state index in [1.54, 1.807) is 24.3 Å². The number of para-hydroxylation sites is 1. The maximum Gasteiger partial charge on any atom is 0.328 e. The summed E-state index contributed by atoms with van der Waals surface area (Å²) in [4.78, 5) is 36.3. The van der Waals surface area contributed by atoms with Crippen LogP contribution in [0, 0.1) is 0 Å². The number of hydrogen-bond donors (Lipinski definition) is 1. The van der Waals surface area contributed by atoms with E-state index < -0.39 is 5.69 Å². The molecule has 1 aromatic carbocycles. The normalized spacial score (nSPS) is 10.5. The van der Waals surface area contributed by atoms with Crippen LogP contribution in [-0.4, -0.2) is 15.8 Å². The number of rotatable bonds is 3. The average Bonchev–Trinajstić information content (AvgIpc) is 2.29. The van der Waals surface area contributed by atoms with E-state index in [1.807, 2.05) is 0 Å². The molecule has 0 atom stereocenters. The van der Waals surface area contributed by atoms with E-state index in [4.69, 9.17) is 0 Å². The zero-order valence-corrected chi connectivity index (χ0v) is 8.47. The van der Waals surface area contributed by atoms with Gasteiger partial charge in [-0.15, -0.1) is 0 Å². The molecule has 0 spiro atoms. The molecule has 0 aliphatic rings. The fraction of sp³-hybridized carbons (Fsp3) is 0.182. The van der Waals surface area contributed by atoms with Crippen LogP contribution in [0.15, 0.2) is 33.9 Å². The average molecular weight is 218 g/mol. The van der Waals surface area contributed by atoms with Gasteiger partial charge in [-0.25, -0.2) is 4.79 Å². The largest absolute Gasteiger partial charge is 0.328 e. The Bertz CT molecular complexity index is 639. The summed E-state index contributed by atoms with van der Waals surface area (Å²) < 4.78 is 1.04. The van der Waals surface area contributed by atoms with Gasteiger partial charge >= 0.3 is 5.69 Å². The van der Waals surface area contributed by atoms with Crippen molar-refractivity contribution in [2.75, 3.05) is 0 Å². The van der Waals surface area contributed by atoms with Gasteiger partial charge in [0.2, 0.25) is 0 Å². The molecule has 0 fully saturated rings. The van der Waals surface area contributed by atoms with E-state index in [0.717, 1.165) is 4.57 Å². The Morgan fingerprint density at radius 3 is 2.75 bits per heavy atom. The van der Waals surface area contributed by atoms with Crippen LogP contribution in [0.1, 0.15) is 6.42 Å². The Morgan fingerprint density at radius 1 is 1.25 bits per heavy atom. The van der Waals surface area contributed by atoms with Crippen LogP contribution < -0.4 is 11.2 Å². The molecule has 0 saturated heterocycles. The van der Waals surface area contributed by atoms with Crippen LogP contribution in [0.3, 0.4) is 0 Å². The minimum absolute atomic E-state index is 0.114. The van der Waals surface area contributed by atoms with Gasteiger partial charge in [0.1, 0.15) is 6.29 Å². The molecule has 0 unspecified atom stereocenters. The molecular formula is C11H10N2O3. The predicted octanol–water partition coefficient (Wildman–Crippen LogP) is 0.279. The summed E-state index contributed by atoms with van der Waals surface area (Å²) in [5.41, 5.74) is -0.327. The van der Waals surface area contributed by atoms with E-state index in [0.29, 0.717) is 17.2 Å². The van der Waals surface area contributed by atoms with E-state index in [1.165, 1.54) is 0 Å². The van der Waals surface area contributed by atoms with Crippen molar-refractivity contribution in [2.24, 2.45) is 0 Å². The van der Waals surface area contributed by atoms with Crippen LogP contribution in [0.4, 0.5) is 0 Å². The Morgan fingerprint density at radius 2 is 2.00 bits per heavy atom. The van der Waals surface area contributed by atoms with Gasteiger partial charge < -0.3 is 9.78 Å². The molecule has 0 amide bonds. The summed E-state index contributed by atoms with van der Waals surface area (Å²) in [5.74, 6) is 0. The summed E-state index contributed by atoms with van der Waals surface area (Å²) in [6.45, 7) is 0.114. The molecular weight excluding hydrogens is 208 g/mol. The fourth-order valence-electron chi connectivity index (χ4n) is 1.58. The summed E-state index contributed by atoms with van der Waals surface area (Å²) in [6, 6.07) is 6.78. The van der Waals surface area contributed by atoms with Crippen molar-refractivity contribution in [2.45, 2.75) is 13.0 Å². The molecule has 82 valence electrons. The molecule has 2 aromatic rings. The fourth-order valence-corrected chi connectivity index (χ4v) is 1.58. The monoisotopic (exact) mass is 218 g/mol. The van der Waals surface area contributed by atoms with E-state index in [9.17, 15) is 14.4 Å². The molecule has 0 aliphatic heterocycles. The second-order valence-corrected chi connectivity index (χ2v) is 3.39.